The fraction of sp³-hybridized carbons (Fsp3) is 0.667. The molecular formula is C12H18O3. The molecule has 0 aliphatic rings. The van der Waals surface area contributed by atoms with Crippen molar-refractivity contribution in [2.24, 2.45) is 0 Å². The van der Waals surface area contributed by atoms with E-state index in [1.54, 1.807) is 0 Å². The predicted molar refractivity (Wildman–Crippen MR) is 58.2 cm³/mol. The van der Waals surface area contributed by atoms with Crippen molar-refractivity contribution in [2.75, 3.05) is 0 Å². The summed E-state index contributed by atoms with van der Waals surface area (Å²) in [4.78, 5) is 21.4. The monoisotopic (exact) mass is 210 g/mol. The van der Waals surface area contributed by atoms with Gasteiger partial charge in [-0.3, -0.25) is 9.59 Å². The van der Waals surface area contributed by atoms with Crippen molar-refractivity contribution in [3.8, 4) is 11.8 Å². The van der Waals surface area contributed by atoms with Crippen LogP contribution in [-0.2, 0) is 14.3 Å². The molecule has 84 valence electrons. The minimum atomic E-state index is -0.432. The Labute approximate surface area is 91.2 Å². The third kappa shape index (κ3) is 9.01. The molecule has 0 aliphatic carbocycles. The molecule has 1 unspecified atom stereocenters. The SMILES string of the molecule is CCCCCC(C#CC(C)=O)OC(C)=O. The highest BCUT2D eigenvalue weighted by Gasteiger charge is 2.07. The van der Waals surface area contributed by atoms with Gasteiger partial charge < -0.3 is 4.74 Å². The second kappa shape index (κ2) is 8.05. The summed E-state index contributed by atoms with van der Waals surface area (Å²) in [6.07, 6.45) is 3.42. The molecule has 0 spiro atoms. The average Bonchev–Trinajstić information content (AvgIpc) is 2.13. The standard InChI is InChI=1S/C12H18O3/c1-4-5-6-7-12(15-11(3)14)9-8-10(2)13/h12H,4-7H2,1-3H3. The third-order valence-corrected chi connectivity index (χ3v) is 1.79. The first-order chi connectivity index (χ1) is 7.06. The lowest BCUT2D eigenvalue weighted by Crippen LogP contribution is -2.14. The molecule has 3 heteroatoms. The lowest BCUT2D eigenvalue weighted by atomic mass is 10.1. The Morgan fingerprint density at radius 1 is 1.27 bits per heavy atom. The van der Waals surface area contributed by atoms with Gasteiger partial charge in [-0.15, -0.1) is 0 Å². The Morgan fingerprint density at radius 3 is 2.40 bits per heavy atom. The summed E-state index contributed by atoms with van der Waals surface area (Å²) in [6, 6.07) is 0. The molecule has 0 aromatic carbocycles. The Kier molecular flexibility index (Phi) is 7.35. The van der Waals surface area contributed by atoms with Crippen molar-refractivity contribution < 1.29 is 14.3 Å². The first kappa shape index (κ1) is 13.7. The number of rotatable bonds is 5. The van der Waals surface area contributed by atoms with E-state index in [4.69, 9.17) is 4.74 Å². The van der Waals surface area contributed by atoms with Crippen LogP contribution in [-0.4, -0.2) is 17.9 Å². The first-order valence-corrected chi connectivity index (χ1v) is 5.25. The molecule has 0 bridgehead atoms. The third-order valence-electron chi connectivity index (χ3n) is 1.79. The number of hydrogen-bond donors (Lipinski definition) is 0. The number of ether oxygens (including phenoxy) is 1. The van der Waals surface area contributed by atoms with Gasteiger partial charge in [0.25, 0.3) is 0 Å². The van der Waals surface area contributed by atoms with Gasteiger partial charge in [0.05, 0.1) is 0 Å². The predicted octanol–water partition coefficient (Wildman–Crippen LogP) is 2.09. The fourth-order valence-corrected chi connectivity index (χ4v) is 1.12. The molecule has 0 amide bonds. The van der Waals surface area contributed by atoms with Crippen LogP contribution < -0.4 is 0 Å². The maximum absolute atomic E-state index is 10.8. The van der Waals surface area contributed by atoms with Gasteiger partial charge >= 0.3 is 5.97 Å². The van der Waals surface area contributed by atoms with Gasteiger partial charge in [-0.05, 0) is 18.8 Å². The fourth-order valence-electron chi connectivity index (χ4n) is 1.12. The smallest absolute Gasteiger partial charge is 0.303 e. The second-order valence-electron chi connectivity index (χ2n) is 3.42. The summed E-state index contributed by atoms with van der Waals surface area (Å²) < 4.78 is 4.98. The minimum Gasteiger partial charge on any atom is -0.449 e. The number of carbonyl (C=O) groups is 2. The topological polar surface area (TPSA) is 43.4 Å². The molecule has 15 heavy (non-hydrogen) atoms. The summed E-state index contributed by atoms with van der Waals surface area (Å²) in [5.41, 5.74) is 0. The van der Waals surface area contributed by atoms with Crippen molar-refractivity contribution >= 4 is 11.8 Å². The van der Waals surface area contributed by atoms with Crippen LogP contribution in [0.25, 0.3) is 0 Å². The van der Waals surface area contributed by atoms with Crippen LogP contribution >= 0.6 is 0 Å². The molecular weight excluding hydrogens is 192 g/mol. The van der Waals surface area contributed by atoms with E-state index in [-0.39, 0.29) is 11.8 Å². The summed E-state index contributed by atoms with van der Waals surface area (Å²) in [5, 5.41) is 0. The first-order valence-electron chi connectivity index (χ1n) is 5.25. The van der Waals surface area contributed by atoms with Crippen molar-refractivity contribution in [3.05, 3.63) is 0 Å². The summed E-state index contributed by atoms with van der Waals surface area (Å²) in [5.74, 6) is 4.52. The molecule has 0 aromatic heterocycles. The van der Waals surface area contributed by atoms with E-state index in [0.717, 1.165) is 19.3 Å². The Balaban J connectivity index is 4.14. The van der Waals surface area contributed by atoms with Crippen LogP contribution in [0.4, 0.5) is 0 Å². The zero-order chi connectivity index (χ0) is 11.7. The van der Waals surface area contributed by atoms with E-state index in [2.05, 4.69) is 18.8 Å². The molecule has 0 fully saturated rings. The van der Waals surface area contributed by atoms with Gasteiger partial charge in [0.2, 0.25) is 5.78 Å². The molecule has 0 heterocycles. The Morgan fingerprint density at radius 2 is 1.93 bits per heavy atom. The van der Waals surface area contributed by atoms with E-state index in [9.17, 15) is 9.59 Å². The van der Waals surface area contributed by atoms with Gasteiger partial charge in [-0.25, -0.2) is 0 Å². The van der Waals surface area contributed by atoms with Crippen molar-refractivity contribution in [1.82, 2.24) is 0 Å². The van der Waals surface area contributed by atoms with Crippen LogP contribution in [0, 0.1) is 11.8 Å². The summed E-state index contributed by atoms with van der Waals surface area (Å²) >= 11 is 0. The van der Waals surface area contributed by atoms with Gasteiger partial charge in [-0.2, -0.15) is 0 Å². The summed E-state index contributed by atoms with van der Waals surface area (Å²) in [6.45, 7) is 4.84. The van der Waals surface area contributed by atoms with Crippen LogP contribution in [0.3, 0.4) is 0 Å². The van der Waals surface area contributed by atoms with Crippen LogP contribution in [0.5, 0.6) is 0 Å². The van der Waals surface area contributed by atoms with Gasteiger partial charge in [0.1, 0.15) is 0 Å². The minimum absolute atomic E-state index is 0.206. The van der Waals surface area contributed by atoms with E-state index in [1.807, 2.05) is 0 Å². The quantitative estimate of drug-likeness (QED) is 0.302. The lowest BCUT2D eigenvalue weighted by molar-refractivity contribution is -0.144. The molecule has 0 saturated carbocycles. The molecule has 0 rings (SSSR count). The van der Waals surface area contributed by atoms with E-state index in [0.29, 0.717) is 6.42 Å². The zero-order valence-corrected chi connectivity index (χ0v) is 9.63. The lowest BCUT2D eigenvalue weighted by Gasteiger charge is -2.09. The number of hydrogen-bond acceptors (Lipinski definition) is 3. The maximum Gasteiger partial charge on any atom is 0.303 e. The highest BCUT2D eigenvalue weighted by atomic mass is 16.5. The molecule has 0 N–H and O–H groups in total. The van der Waals surface area contributed by atoms with Crippen LogP contribution in [0.15, 0.2) is 0 Å². The number of ketones is 1. The highest BCUT2D eigenvalue weighted by molar-refractivity contribution is 5.93. The molecule has 0 saturated heterocycles. The zero-order valence-electron chi connectivity index (χ0n) is 9.63. The number of unbranched alkanes of at least 4 members (excludes halogenated alkanes) is 2. The van der Waals surface area contributed by atoms with Crippen molar-refractivity contribution in [2.45, 2.75) is 52.6 Å². The average molecular weight is 210 g/mol. The van der Waals surface area contributed by atoms with Crippen LogP contribution in [0.1, 0.15) is 46.5 Å². The molecule has 0 aromatic rings. The van der Waals surface area contributed by atoms with Crippen molar-refractivity contribution in [3.63, 3.8) is 0 Å². The summed E-state index contributed by atoms with van der Waals surface area (Å²) in [7, 11) is 0. The van der Waals surface area contributed by atoms with E-state index >= 15 is 0 Å². The maximum atomic E-state index is 10.8. The van der Waals surface area contributed by atoms with Crippen LogP contribution in [0.2, 0.25) is 0 Å². The van der Waals surface area contributed by atoms with E-state index < -0.39 is 6.10 Å². The Bertz CT molecular complexity index is 270. The number of Topliss-reactive ketones (excluding diaryl/α,β-unsaturated/α-hetero) is 1. The van der Waals surface area contributed by atoms with Crippen molar-refractivity contribution in [1.29, 1.82) is 0 Å². The van der Waals surface area contributed by atoms with Gasteiger partial charge in [0, 0.05) is 13.8 Å². The van der Waals surface area contributed by atoms with E-state index in [1.165, 1.54) is 13.8 Å². The normalized spacial score (nSPS) is 11.1. The second-order valence-corrected chi connectivity index (χ2v) is 3.42. The molecule has 0 aliphatic heterocycles. The molecule has 1 atom stereocenters. The molecule has 0 radical (unpaired) electrons. The Hall–Kier alpha value is -1.30. The number of carbonyl (C=O) groups excluding carboxylic acids is 2. The molecule has 3 nitrogen and oxygen atoms in total. The highest BCUT2D eigenvalue weighted by Crippen LogP contribution is 2.06. The number of esters is 1. The van der Waals surface area contributed by atoms with Gasteiger partial charge in [-0.1, -0.05) is 25.7 Å². The van der Waals surface area contributed by atoms with Gasteiger partial charge in [0.15, 0.2) is 6.10 Å². The largest absolute Gasteiger partial charge is 0.449 e.